The fourth-order valence-corrected chi connectivity index (χ4v) is 3.73. The Morgan fingerprint density at radius 3 is 2.54 bits per heavy atom. The summed E-state index contributed by atoms with van der Waals surface area (Å²) in [6.45, 7) is 0. The Labute approximate surface area is 164 Å². The first-order valence-electron chi connectivity index (χ1n) is 8.57. The first-order valence-corrected chi connectivity index (χ1v) is 8.95. The van der Waals surface area contributed by atoms with Crippen molar-refractivity contribution in [2.45, 2.75) is 6.04 Å². The normalized spacial score (nSPS) is 15.8. The summed E-state index contributed by atoms with van der Waals surface area (Å²) in [5, 5.41) is 0.911. The predicted octanol–water partition coefficient (Wildman–Crippen LogP) is 3.99. The number of carbonyl (C=O) groups excluding carboxylic acids is 1. The average Bonchev–Trinajstić information content (AvgIpc) is 3.02. The van der Waals surface area contributed by atoms with Crippen LogP contribution in [-0.2, 0) is 0 Å². The molecule has 1 amide bonds. The Hall–Kier alpha value is -3.51. The predicted molar refractivity (Wildman–Crippen MR) is 105 cm³/mol. The third-order valence-corrected chi connectivity index (χ3v) is 4.94. The minimum atomic E-state index is -0.732. The molecule has 4 aromatic rings. The minimum absolute atomic E-state index is 0.00104. The van der Waals surface area contributed by atoms with Crippen molar-refractivity contribution in [1.82, 2.24) is 9.97 Å². The Morgan fingerprint density at radius 2 is 1.75 bits per heavy atom. The van der Waals surface area contributed by atoms with E-state index in [-0.39, 0.29) is 22.7 Å². The molecule has 0 fully saturated rings. The summed E-state index contributed by atoms with van der Waals surface area (Å²) in [4.78, 5) is 36.3. The first kappa shape index (κ1) is 16.6. The van der Waals surface area contributed by atoms with Gasteiger partial charge >= 0.3 is 0 Å². The van der Waals surface area contributed by atoms with E-state index in [4.69, 9.17) is 16.0 Å². The molecule has 1 unspecified atom stereocenters. The number of hydrogen-bond donors (Lipinski definition) is 0. The number of benzene rings is 2. The van der Waals surface area contributed by atoms with Crippen LogP contribution in [0.25, 0.3) is 11.0 Å². The van der Waals surface area contributed by atoms with E-state index >= 15 is 0 Å². The number of hydrogen-bond acceptors (Lipinski definition) is 5. The summed E-state index contributed by atoms with van der Waals surface area (Å²) < 4.78 is 5.85. The number of carbonyl (C=O) groups is 1. The minimum Gasteiger partial charge on any atom is -0.450 e. The lowest BCUT2D eigenvalue weighted by molar-refractivity contribution is 0.0969. The molecule has 0 bridgehead atoms. The highest BCUT2D eigenvalue weighted by Crippen LogP contribution is 2.40. The number of anilines is 1. The summed E-state index contributed by atoms with van der Waals surface area (Å²) in [7, 11) is 0. The zero-order valence-corrected chi connectivity index (χ0v) is 15.1. The lowest BCUT2D eigenvalue weighted by Crippen LogP contribution is -2.31. The molecular formula is C21H12ClN3O3. The van der Waals surface area contributed by atoms with Crippen molar-refractivity contribution >= 4 is 34.4 Å². The van der Waals surface area contributed by atoms with Crippen LogP contribution in [0, 0.1) is 0 Å². The van der Waals surface area contributed by atoms with Gasteiger partial charge in [0.1, 0.15) is 5.58 Å². The van der Waals surface area contributed by atoms with Gasteiger partial charge in [-0.3, -0.25) is 14.5 Å². The van der Waals surface area contributed by atoms with Gasteiger partial charge in [-0.2, -0.15) is 0 Å². The van der Waals surface area contributed by atoms with E-state index in [1.165, 1.54) is 4.90 Å². The summed E-state index contributed by atoms with van der Waals surface area (Å²) in [5.74, 6) is -0.275. The molecule has 1 atom stereocenters. The molecule has 0 saturated heterocycles. The van der Waals surface area contributed by atoms with Gasteiger partial charge < -0.3 is 4.42 Å². The highest BCUT2D eigenvalue weighted by Gasteiger charge is 2.44. The van der Waals surface area contributed by atoms with Crippen molar-refractivity contribution in [3.05, 3.63) is 99.1 Å². The second-order valence-corrected chi connectivity index (χ2v) is 6.79. The third-order valence-electron chi connectivity index (χ3n) is 4.71. The maximum Gasteiger partial charge on any atom is 0.297 e. The topological polar surface area (TPSA) is 76.3 Å². The zero-order valence-electron chi connectivity index (χ0n) is 14.4. The van der Waals surface area contributed by atoms with Crippen LogP contribution < -0.4 is 10.3 Å². The van der Waals surface area contributed by atoms with Crippen LogP contribution in [0.3, 0.4) is 0 Å². The van der Waals surface area contributed by atoms with E-state index in [2.05, 4.69) is 9.97 Å². The Morgan fingerprint density at radius 1 is 0.964 bits per heavy atom. The second kappa shape index (κ2) is 6.28. The van der Waals surface area contributed by atoms with E-state index in [0.29, 0.717) is 21.6 Å². The Balaban J connectivity index is 1.84. The molecule has 136 valence electrons. The number of amides is 1. The van der Waals surface area contributed by atoms with E-state index in [9.17, 15) is 9.59 Å². The number of aromatic nitrogens is 2. The first-order chi connectivity index (χ1) is 13.6. The SMILES string of the molecule is O=C1c2oc3ccccc3c(=O)c2C(c2cccc(Cl)c2)N1c1ncccn1. The van der Waals surface area contributed by atoms with Crippen molar-refractivity contribution in [3.63, 3.8) is 0 Å². The van der Waals surface area contributed by atoms with Crippen LogP contribution in [0.2, 0.25) is 5.02 Å². The molecule has 0 saturated carbocycles. The maximum absolute atomic E-state index is 13.3. The van der Waals surface area contributed by atoms with Crippen molar-refractivity contribution in [1.29, 1.82) is 0 Å². The summed E-state index contributed by atoms with van der Waals surface area (Å²) in [5.41, 5.74) is 1.04. The summed E-state index contributed by atoms with van der Waals surface area (Å²) in [6.07, 6.45) is 3.08. The van der Waals surface area contributed by atoms with Crippen LogP contribution in [0.5, 0.6) is 0 Å². The molecule has 1 aliphatic rings. The second-order valence-electron chi connectivity index (χ2n) is 6.35. The molecule has 28 heavy (non-hydrogen) atoms. The van der Waals surface area contributed by atoms with Crippen LogP contribution in [0.4, 0.5) is 5.95 Å². The average molecular weight is 390 g/mol. The van der Waals surface area contributed by atoms with Gasteiger partial charge in [0.05, 0.1) is 17.0 Å². The molecule has 3 heterocycles. The molecule has 2 aromatic carbocycles. The fourth-order valence-electron chi connectivity index (χ4n) is 3.53. The highest BCUT2D eigenvalue weighted by atomic mass is 35.5. The third kappa shape index (κ3) is 2.42. The monoisotopic (exact) mass is 389 g/mol. The zero-order chi connectivity index (χ0) is 19.3. The summed E-state index contributed by atoms with van der Waals surface area (Å²) >= 11 is 6.18. The molecule has 5 rings (SSSR count). The molecule has 0 N–H and O–H groups in total. The largest absolute Gasteiger partial charge is 0.450 e. The fraction of sp³-hybridized carbons (Fsp3) is 0.0476. The van der Waals surface area contributed by atoms with Gasteiger partial charge in [0.15, 0.2) is 5.43 Å². The number of fused-ring (bicyclic) bond motifs is 2. The van der Waals surface area contributed by atoms with Crippen molar-refractivity contribution in [2.24, 2.45) is 0 Å². The van der Waals surface area contributed by atoms with Crippen molar-refractivity contribution in [3.8, 4) is 0 Å². The Kier molecular flexibility index (Phi) is 3.74. The molecule has 6 nitrogen and oxygen atoms in total. The Bertz CT molecular complexity index is 1290. The van der Waals surface area contributed by atoms with E-state index in [0.717, 1.165) is 0 Å². The number of rotatable bonds is 2. The van der Waals surface area contributed by atoms with Crippen LogP contribution in [0.15, 0.2) is 76.2 Å². The van der Waals surface area contributed by atoms with Gasteiger partial charge in [-0.25, -0.2) is 9.97 Å². The van der Waals surface area contributed by atoms with Gasteiger partial charge in [-0.1, -0.05) is 35.9 Å². The van der Waals surface area contributed by atoms with Gasteiger partial charge in [0.25, 0.3) is 5.91 Å². The lowest BCUT2D eigenvalue weighted by atomic mass is 9.99. The quantitative estimate of drug-likeness (QED) is 0.518. The lowest BCUT2D eigenvalue weighted by Gasteiger charge is -2.23. The van der Waals surface area contributed by atoms with Gasteiger partial charge in [0, 0.05) is 17.4 Å². The molecule has 0 spiro atoms. The van der Waals surface area contributed by atoms with Crippen LogP contribution in [0.1, 0.15) is 27.7 Å². The summed E-state index contributed by atoms with van der Waals surface area (Å²) in [6, 6.07) is 14.8. The highest BCUT2D eigenvalue weighted by molar-refractivity contribution is 6.30. The van der Waals surface area contributed by atoms with Gasteiger partial charge in [-0.05, 0) is 35.9 Å². The molecule has 1 aliphatic heterocycles. The van der Waals surface area contributed by atoms with E-state index < -0.39 is 11.9 Å². The van der Waals surface area contributed by atoms with Crippen molar-refractivity contribution < 1.29 is 9.21 Å². The van der Waals surface area contributed by atoms with E-state index in [1.54, 1.807) is 60.9 Å². The molecule has 2 aromatic heterocycles. The molecule has 0 radical (unpaired) electrons. The smallest absolute Gasteiger partial charge is 0.297 e. The van der Waals surface area contributed by atoms with Gasteiger partial charge in [-0.15, -0.1) is 0 Å². The number of halogens is 1. The molecule has 0 aliphatic carbocycles. The molecular weight excluding hydrogens is 378 g/mol. The van der Waals surface area contributed by atoms with E-state index in [1.807, 2.05) is 6.07 Å². The van der Waals surface area contributed by atoms with Crippen LogP contribution in [-0.4, -0.2) is 15.9 Å². The standard InChI is InChI=1S/C21H12ClN3O3/c22-13-6-3-5-12(11-13)17-16-18(26)14-7-1-2-8-15(14)28-19(16)20(27)25(17)21-23-9-4-10-24-21/h1-11,17H. The molecule has 7 heteroatoms. The van der Waals surface area contributed by atoms with Crippen molar-refractivity contribution in [2.75, 3.05) is 4.90 Å². The number of nitrogens with zero attached hydrogens (tertiary/aromatic N) is 3. The maximum atomic E-state index is 13.3. The van der Waals surface area contributed by atoms with Gasteiger partial charge in [0.2, 0.25) is 11.7 Å². The number of para-hydroxylation sites is 1. The van der Waals surface area contributed by atoms with Crippen LogP contribution >= 0.6 is 11.6 Å².